The van der Waals surface area contributed by atoms with Gasteiger partial charge in [-0.3, -0.25) is 4.57 Å². The zero-order valence-electron chi connectivity index (χ0n) is 36.3. The molecule has 0 atom stereocenters. The number of aryl methyl sites for hydroxylation is 1. The first kappa shape index (κ1) is 41.7. The number of pyridine rings is 1. The second kappa shape index (κ2) is 17.7. The summed E-state index contributed by atoms with van der Waals surface area (Å²) >= 11 is 0. The van der Waals surface area contributed by atoms with E-state index in [9.17, 15) is 0 Å². The summed E-state index contributed by atoms with van der Waals surface area (Å²) in [5.41, 5.74) is 15.1. The van der Waals surface area contributed by atoms with Crippen molar-refractivity contribution < 1.29 is 30.4 Å². The first-order chi connectivity index (χ1) is 31.5. The van der Waals surface area contributed by atoms with Gasteiger partial charge in [-0.15, -0.1) is 29.7 Å². The van der Waals surface area contributed by atoms with E-state index in [1.54, 1.807) is 0 Å². The average molecular weight is 1020 g/mol. The van der Waals surface area contributed by atoms with Crippen LogP contribution in [0.25, 0.3) is 83.4 Å². The summed E-state index contributed by atoms with van der Waals surface area (Å²) in [5, 5.41) is 2.21. The number of fused-ring (bicyclic) bond motifs is 4. The first-order valence-corrected chi connectivity index (χ1v) is 21.9. The van der Waals surface area contributed by atoms with E-state index in [1.165, 1.54) is 11.1 Å². The number of aromatic nitrogens is 4. The predicted octanol–water partition coefficient (Wildman–Crippen LogP) is 14.1. The molecule has 0 aliphatic heterocycles. The second-order valence-electron chi connectivity index (χ2n) is 16.8. The molecule has 3 aromatic heterocycles. The van der Waals surface area contributed by atoms with Crippen molar-refractivity contribution in [1.29, 1.82) is 0 Å². The fraction of sp³-hybridized carbons (Fsp3) is 0.0847. The minimum Gasteiger partial charge on any atom is -0.510 e. The van der Waals surface area contributed by atoms with E-state index >= 15 is 0 Å². The van der Waals surface area contributed by atoms with Crippen LogP contribution < -0.4 is 9.30 Å². The molecule has 0 fully saturated rings. The second-order valence-corrected chi connectivity index (χ2v) is 16.8. The molecule has 65 heavy (non-hydrogen) atoms. The first-order valence-electron chi connectivity index (χ1n) is 21.9. The van der Waals surface area contributed by atoms with Crippen molar-refractivity contribution in [3.63, 3.8) is 0 Å². The van der Waals surface area contributed by atoms with Crippen LogP contribution in [0.4, 0.5) is 0 Å². The Balaban J connectivity index is 0.00000498. The molecule has 0 spiro atoms. The third kappa shape index (κ3) is 7.87. The molecule has 0 bridgehead atoms. The summed E-state index contributed by atoms with van der Waals surface area (Å²) in [7, 11) is 0. The quantitative estimate of drug-likeness (QED) is 0.101. The molecule has 11 rings (SSSR count). The Morgan fingerprint density at radius 1 is 0.585 bits per heavy atom. The fourth-order valence-corrected chi connectivity index (χ4v) is 9.11. The van der Waals surface area contributed by atoms with Crippen LogP contribution >= 0.6 is 0 Å². The maximum absolute atomic E-state index is 6.71. The van der Waals surface area contributed by atoms with Crippen molar-refractivity contribution in [2.24, 2.45) is 5.92 Å². The van der Waals surface area contributed by atoms with E-state index in [-0.39, 0.29) is 21.1 Å². The maximum Gasteiger partial charge on any atom is 0.268 e. The molecule has 8 aromatic carbocycles. The van der Waals surface area contributed by atoms with Gasteiger partial charge in [0.1, 0.15) is 5.82 Å². The van der Waals surface area contributed by atoms with Crippen molar-refractivity contribution in [1.82, 2.24) is 14.1 Å². The Kier molecular flexibility index (Phi) is 11.3. The molecule has 0 saturated carbocycles. The standard InChI is InChI=1S/C59H44N4O.Pt/c1-40(2)34-42-32-33-60-57(35-42)63-54-31-28-46(43-17-7-4-8-18-43)36-53(54)52-30-29-49(38-56(52)63)64-48-24-14-23-47(37-48)61-39-62(58-41(3)16-13-27-55(58)61)59-50(44-19-9-5-10-20-44)25-15-26-51(59)45-21-11-6-12-22-45;/h4-33,35-36,40H,34H2,1-3H3;/q-2;. The van der Waals surface area contributed by atoms with Gasteiger partial charge in [-0.05, 0) is 93.0 Å². The van der Waals surface area contributed by atoms with Gasteiger partial charge < -0.3 is 13.9 Å². The van der Waals surface area contributed by atoms with Crippen LogP contribution in [-0.2, 0) is 27.5 Å². The SMILES string of the molecule is Cc1cccc2c1[n+](-c1c(-c3ccccc3)cccc1-c1ccccc1)[c-]n2-c1[c-]c(Oc2[c-]c3c(cc2)c2cc(-c4ccccc4)ccc2n3-c2cc(CC(C)C)ccn2)ccc1.[Pt]. The van der Waals surface area contributed by atoms with Crippen molar-refractivity contribution in [3.8, 4) is 62.1 Å². The van der Waals surface area contributed by atoms with E-state index in [0.29, 0.717) is 17.4 Å². The van der Waals surface area contributed by atoms with Crippen molar-refractivity contribution >= 4 is 32.8 Å². The largest absolute Gasteiger partial charge is 0.510 e. The number of rotatable bonds is 10. The predicted molar refractivity (Wildman–Crippen MR) is 260 cm³/mol. The van der Waals surface area contributed by atoms with E-state index in [2.05, 4.69) is 223 Å². The average Bonchev–Trinajstić information content (AvgIpc) is 3.88. The molecule has 0 N–H and O–H groups in total. The van der Waals surface area contributed by atoms with Gasteiger partial charge in [0.2, 0.25) is 0 Å². The van der Waals surface area contributed by atoms with Crippen molar-refractivity contribution in [2.45, 2.75) is 27.2 Å². The molecule has 5 nitrogen and oxygen atoms in total. The molecule has 0 radical (unpaired) electrons. The molecule has 0 amide bonds. The Labute approximate surface area is 394 Å². The molecule has 0 aliphatic rings. The summed E-state index contributed by atoms with van der Waals surface area (Å²) in [6.45, 7) is 6.66. The van der Waals surface area contributed by atoms with Gasteiger partial charge in [-0.25, -0.2) is 4.98 Å². The molecule has 6 heteroatoms. The van der Waals surface area contributed by atoms with Gasteiger partial charge in [0.05, 0.1) is 16.7 Å². The van der Waals surface area contributed by atoms with Gasteiger partial charge in [0.15, 0.2) is 0 Å². The normalized spacial score (nSPS) is 11.4. The molecule has 11 aromatic rings. The summed E-state index contributed by atoms with van der Waals surface area (Å²) in [6.07, 6.45) is 6.69. The zero-order valence-corrected chi connectivity index (χ0v) is 38.5. The van der Waals surface area contributed by atoms with Gasteiger partial charge in [0, 0.05) is 44.3 Å². The fourth-order valence-electron chi connectivity index (χ4n) is 9.11. The molecule has 0 aliphatic carbocycles. The third-order valence-corrected chi connectivity index (χ3v) is 12.0. The Morgan fingerprint density at radius 3 is 1.95 bits per heavy atom. The van der Waals surface area contributed by atoms with Crippen LogP contribution in [-0.4, -0.2) is 14.1 Å². The number of nitrogens with zero attached hydrogens (tertiary/aromatic N) is 4. The number of hydrogen-bond acceptors (Lipinski definition) is 2. The topological polar surface area (TPSA) is 35.9 Å². The number of imidazole rings is 1. The Morgan fingerprint density at radius 2 is 1.25 bits per heavy atom. The van der Waals surface area contributed by atoms with Crippen LogP contribution in [0.2, 0.25) is 0 Å². The van der Waals surface area contributed by atoms with Crippen LogP contribution in [0.1, 0.15) is 25.0 Å². The number of para-hydroxylation sites is 2. The molecule has 0 unspecified atom stereocenters. The van der Waals surface area contributed by atoms with Crippen LogP contribution in [0.15, 0.2) is 194 Å². The molecular weight excluding hydrogens is 976 g/mol. The van der Waals surface area contributed by atoms with Gasteiger partial charge in [-0.1, -0.05) is 159 Å². The van der Waals surface area contributed by atoms with E-state index in [1.807, 2.05) is 24.4 Å². The summed E-state index contributed by atoms with van der Waals surface area (Å²) < 4.78 is 13.2. The maximum atomic E-state index is 6.71. The Hall–Kier alpha value is -7.33. The molecular formula is C59H44N4OPt-2. The van der Waals surface area contributed by atoms with Gasteiger partial charge >= 0.3 is 0 Å². The van der Waals surface area contributed by atoms with Crippen LogP contribution in [0.3, 0.4) is 0 Å². The van der Waals surface area contributed by atoms with Crippen LogP contribution in [0, 0.1) is 31.3 Å². The van der Waals surface area contributed by atoms with E-state index < -0.39 is 0 Å². The summed E-state index contributed by atoms with van der Waals surface area (Å²) in [4.78, 5) is 4.92. The minimum absolute atomic E-state index is 0. The van der Waals surface area contributed by atoms with E-state index in [0.717, 1.165) is 89.8 Å². The van der Waals surface area contributed by atoms with E-state index in [4.69, 9.17) is 9.72 Å². The van der Waals surface area contributed by atoms with Gasteiger partial charge in [-0.2, -0.15) is 18.2 Å². The monoisotopic (exact) mass is 1020 g/mol. The molecule has 0 saturated heterocycles. The zero-order chi connectivity index (χ0) is 43.1. The smallest absolute Gasteiger partial charge is 0.268 e. The molecule has 3 heterocycles. The minimum atomic E-state index is 0. The number of benzene rings is 8. The molecule has 318 valence electrons. The Bertz CT molecular complexity index is 3430. The van der Waals surface area contributed by atoms with Crippen molar-refractivity contribution in [2.75, 3.05) is 0 Å². The van der Waals surface area contributed by atoms with Gasteiger partial charge in [0.25, 0.3) is 6.33 Å². The van der Waals surface area contributed by atoms with Crippen LogP contribution in [0.5, 0.6) is 11.5 Å². The summed E-state index contributed by atoms with van der Waals surface area (Å²) in [6, 6.07) is 73.1. The van der Waals surface area contributed by atoms with Crippen molar-refractivity contribution in [3.05, 3.63) is 224 Å². The third-order valence-electron chi connectivity index (χ3n) is 12.0. The summed E-state index contributed by atoms with van der Waals surface area (Å²) in [5.74, 6) is 2.54. The number of ether oxygens (including phenoxy) is 1. The number of hydrogen-bond donors (Lipinski definition) is 0.